The minimum absolute atomic E-state index is 0.0512. The lowest BCUT2D eigenvalue weighted by Crippen LogP contribution is -2.29. The normalized spacial score (nSPS) is 10.1. The van der Waals surface area contributed by atoms with E-state index in [1.54, 1.807) is 24.3 Å². The third-order valence-corrected chi connectivity index (χ3v) is 3.76. The Balaban J connectivity index is 1.75. The van der Waals surface area contributed by atoms with E-state index >= 15 is 0 Å². The lowest BCUT2D eigenvalue weighted by atomic mass is 10.1. The van der Waals surface area contributed by atoms with Crippen LogP contribution in [0.25, 0.3) is 0 Å². The lowest BCUT2D eigenvalue weighted by molar-refractivity contribution is -0.147. The van der Waals surface area contributed by atoms with Gasteiger partial charge in [0.1, 0.15) is 18.1 Å². The van der Waals surface area contributed by atoms with Crippen LogP contribution in [-0.4, -0.2) is 30.2 Å². The van der Waals surface area contributed by atoms with Gasteiger partial charge in [-0.25, -0.2) is 0 Å². The Morgan fingerprint density at radius 1 is 1.26 bits per heavy atom. The van der Waals surface area contributed by atoms with Crippen LogP contribution in [0.5, 0.6) is 5.75 Å². The number of nitrogens with zero attached hydrogens (tertiary/aromatic N) is 2. The Kier molecular flexibility index (Phi) is 7.37. The minimum atomic E-state index is -0.505. The van der Waals surface area contributed by atoms with Crippen LogP contribution in [0.3, 0.4) is 0 Å². The molecule has 0 atom stereocenters. The van der Waals surface area contributed by atoms with Gasteiger partial charge in [-0.3, -0.25) is 9.59 Å². The molecule has 0 saturated carbocycles. The van der Waals surface area contributed by atoms with E-state index in [1.165, 1.54) is 0 Å². The number of carbonyl (C=O) groups excluding carboxylic acids is 2. The van der Waals surface area contributed by atoms with Crippen molar-refractivity contribution in [1.82, 2.24) is 10.5 Å². The summed E-state index contributed by atoms with van der Waals surface area (Å²) in [5.74, 6) is 0.448. The van der Waals surface area contributed by atoms with Crippen molar-refractivity contribution in [3.05, 3.63) is 46.8 Å². The van der Waals surface area contributed by atoms with Gasteiger partial charge in [-0.05, 0) is 31.5 Å². The Hall–Kier alpha value is -3.34. The van der Waals surface area contributed by atoms with Gasteiger partial charge in [-0.15, -0.1) is 0 Å². The molecule has 0 aliphatic carbocycles. The highest BCUT2D eigenvalue weighted by Gasteiger charge is 2.11. The van der Waals surface area contributed by atoms with Crippen molar-refractivity contribution in [3.63, 3.8) is 0 Å². The van der Waals surface area contributed by atoms with Crippen LogP contribution in [0, 0.1) is 25.2 Å². The molecule has 0 saturated heterocycles. The number of nitriles is 1. The largest absolute Gasteiger partial charge is 0.489 e. The summed E-state index contributed by atoms with van der Waals surface area (Å²) in [5, 5.41) is 14.7. The van der Waals surface area contributed by atoms with E-state index in [0.29, 0.717) is 12.4 Å². The second-order valence-electron chi connectivity index (χ2n) is 5.83. The molecule has 8 heteroatoms. The van der Waals surface area contributed by atoms with Crippen LogP contribution in [0.4, 0.5) is 0 Å². The second kappa shape index (κ2) is 9.97. The molecule has 1 aromatic heterocycles. The molecular weight excluding hydrogens is 350 g/mol. The number of carbonyl (C=O) groups is 2. The molecule has 1 aromatic carbocycles. The fraction of sp³-hybridized carbons (Fsp3) is 0.368. The molecule has 0 fully saturated rings. The van der Waals surface area contributed by atoms with E-state index in [1.807, 2.05) is 19.9 Å². The number of hydrogen-bond acceptors (Lipinski definition) is 7. The van der Waals surface area contributed by atoms with E-state index in [4.69, 9.17) is 19.3 Å². The molecule has 8 nitrogen and oxygen atoms in total. The van der Waals surface area contributed by atoms with Crippen LogP contribution in [0.2, 0.25) is 0 Å². The summed E-state index contributed by atoms with van der Waals surface area (Å²) in [6.45, 7) is 3.92. The van der Waals surface area contributed by atoms with Gasteiger partial charge in [0.2, 0.25) is 0 Å². The van der Waals surface area contributed by atoms with Gasteiger partial charge in [0.25, 0.3) is 5.91 Å². The van der Waals surface area contributed by atoms with Crippen molar-refractivity contribution < 1.29 is 23.6 Å². The number of benzene rings is 1. The molecule has 1 heterocycles. The average molecular weight is 371 g/mol. The summed E-state index contributed by atoms with van der Waals surface area (Å²) in [5.41, 5.74) is 2.45. The number of aryl methyl sites for hydroxylation is 2. The van der Waals surface area contributed by atoms with E-state index in [-0.39, 0.29) is 26.0 Å². The lowest BCUT2D eigenvalue weighted by Gasteiger charge is -2.08. The Bertz CT molecular complexity index is 801. The fourth-order valence-electron chi connectivity index (χ4n) is 2.24. The number of amides is 1. The number of hydrogen-bond donors (Lipinski definition) is 1. The smallest absolute Gasteiger partial charge is 0.310 e. The maximum atomic E-state index is 11.8. The summed E-state index contributed by atoms with van der Waals surface area (Å²) >= 11 is 0. The first-order valence-electron chi connectivity index (χ1n) is 8.42. The predicted molar refractivity (Wildman–Crippen MR) is 94.7 cm³/mol. The maximum Gasteiger partial charge on any atom is 0.310 e. The first-order valence-corrected chi connectivity index (χ1v) is 8.42. The first kappa shape index (κ1) is 20.0. The van der Waals surface area contributed by atoms with E-state index in [9.17, 15) is 9.59 Å². The highest BCUT2D eigenvalue weighted by Crippen LogP contribution is 2.18. The quantitative estimate of drug-likeness (QED) is 0.529. The van der Waals surface area contributed by atoms with Crippen LogP contribution in [0.1, 0.15) is 29.0 Å². The maximum absolute atomic E-state index is 11.8. The third kappa shape index (κ3) is 6.47. The van der Waals surface area contributed by atoms with Gasteiger partial charge in [-0.2, -0.15) is 5.26 Å². The second-order valence-corrected chi connectivity index (χ2v) is 5.83. The standard InChI is InChI=1S/C19H21N3O5/c1-13-17(14(2)27-22-13)11-25-16-6-4-15(5-7-16)10-19(24)26-12-18(23)21-9-3-8-20/h4-7H,3,9-12H2,1-2H3,(H,21,23). The molecule has 27 heavy (non-hydrogen) atoms. The third-order valence-electron chi connectivity index (χ3n) is 3.76. The Labute approximate surface area is 157 Å². The molecule has 0 spiro atoms. The number of esters is 1. The molecule has 0 radical (unpaired) electrons. The van der Waals surface area contributed by atoms with E-state index < -0.39 is 11.9 Å². The molecule has 1 N–H and O–H groups in total. The van der Waals surface area contributed by atoms with Crippen molar-refractivity contribution in [2.45, 2.75) is 33.3 Å². The molecule has 0 aliphatic rings. The summed E-state index contributed by atoms with van der Waals surface area (Å²) in [6, 6.07) is 8.95. The summed E-state index contributed by atoms with van der Waals surface area (Å²) in [7, 11) is 0. The highest BCUT2D eigenvalue weighted by atomic mass is 16.5. The van der Waals surface area contributed by atoms with Crippen LogP contribution in [-0.2, 0) is 27.4 Å². The van der Waals surface area contributed by atoms with Crippen molar-refractivity contribution in [1.29, 1.82) is 5.26 Å². The molecule has 2 rings (SSSR count). The molecular formula is C19H21N3O5. The molecule has 142 valence electrons. The minimum Gasteiger partial charge on any atom is -0.489 e. The molecule has 0 bridgehead atoms. The number of rotatable bonds is 9. The molecule has 0 unspecified atom stereocenters. The van der Waals surface area contributed by atoms with Crippen LogP contribution < -0.4 is 10.1 Å². The van der Waals surface area contributed by atoms with Crippen molar-refractivity contribution in [2.75, 3.05) is 13.2 Å². The summed E-state index contributed by atoms with van der Waals surface area (Å²) in [4.78, 5) is 23.2. The number of ether oxygens (including phenoxy) is 2. The van der Waals surface area contributed by atoms with E-state index in [0.717, 1.165) is 22.6 Å². The number of nitrogens with one attached hydrogen (secondary N) is 1. The van der Waals surface area contributed by atoms with Gasteiger partial charge in [0.05, 0.1) is 30.2 Å². The van der Waals surface area contributed by atoms with Gasteiger partial charge in [0.15, 0.2) is 6.61 Å². The van der Waals surface area contributed by atoms with Gasteiger partial charge >= 0.3 is 5.97 Å². The van der Waals surface area contributed by atoms with Gasteiger partial charge in [-0.1, -0.05) is 17.3 Å². The Morgan fingerprint density at radius 2 is 2.00 bits per heavy atom. The van der Waals surface area contributed by atoms with Crippen molar-refractivity contribution >= 4 is 11.9 Å². The summed E-state index contributed by atoms with van der Waals surface area (Å²) in [6.07, 6.45) is 0.264. The summed E-state index contributed by atoms with van der Waals surface area (Å²) < 4.78 is 15.7. The Morgan fingerprint density at radius 3 is 2.63 bits per heavy atom. The molecule has 1 amide bonds. The first-order chi connectivity index (χ1) is 13.0. The molecule has 0 aliphatic heterocycles. The monoisotopic (exact) mass is 371 g/mol. The highest BCUT2D eigenvalue weighted by molar-refractivity contribution is 5.81. The van der Waals surface area contributed by atoms with Crippen molar-refractivity contribution in [3.8, 4) is 11.8 Å². The molecule has 2 aromatic rings. The van der Waals surface area contributed by atoms with Crippen LogP contribution in [0.15, 0.2) is 28.8 Å². The zero-order valence-corrected chi connectivity index (χ0v) is 15.3. The number of aromatic nitrogens is 1. The van der Waals surface area contributed by atoms with Gasteiger partial charge < -0.3 is 19.3 Å². The topological polar surface area (TPSA) is 114 Å². The predicted octanol–water partition coefficient (Wildman–Crippen LogP) is 1.99. The van der Waals surface area contributed by atoms with Crippen molar-refractivity contribution in [2.24, 2.45) is 0 Å². The fourth-order valence-corrected chi connectivity index (χ4v) is 2.24. The average Bonchev–Trinajstić information content (AvgIpc) is 2.97. The van der Waals surface area contributed by atoms with E-state index in [2.05, 4.69) is 10.5 Å². The van der Waals surface area contributed by atoms with Crippen LogP contribution >= 0.6 is 0 Å². The van der Waals surface area contributed by atoms with Gasteiger partial charge in [0, 0.05) is 6.54 Å². The SMILES string of the molecule is Cc1noc(C)c1COc1ccc(CC(=O)OCC(=O)NCCC#N)cc1. The zero-order chi connectivity index (χ0) is 19.6. The zero-order valence-electron chi connectivity index (χ0n) is 15.3.